The topological polar surface area (TPSA) is 75.9 Å². The van der Waals surface area contributed by atoms with Gasteiger partial charge in [0.15, 0.2) is 0 Å². The van der Waals surface area contributed by atoms with E-state index in [9.17, 15) is 10.1 Å². The summed E-state index contributed by atoms with van der Waals surface area (Å²) in [6.07, 6.45) is 4.74. The van der Waals surface area contributed by atoms with Crippen LogP contribution in [0.3, 0.4) is 0 Å². The first kappa shape index (κ1) is 28.3. The minimum Gasteiger partial charge on any atom is -0.476 e. The maximum Gasteiger partial charge on any atom is 0.246 e. The van der Waals surface area contributed by atoms with Crippen molar-refractivity contribution < 1.29 is 9.53 Å². The molecule has 3 aliphatic rings. The molecule has 0 aliphatic carbocycles. The number of nitriles is 1. The molecular formula is C33H37ClN6O2. The van der Waals surface area contributed by atoms with E-state index in [1.54, 1.807) is 4.90 Å². The molecule has 2 fully saturated rings. The van der Waals surface area contributed by atoms with Gasteiger partial charge in [-0.1, -0.05) is 42.4 Å². The van der Waals surface area contributed by atoms with Crippen molar-refractivity contribution in [2.24, 2.45) is 0 Å². The van der Waals surface area contributed by atoms with Crippen molar-refractivity contribution in [2.45, 2.75) is 44.3 Å². The van der Waals surface area contributed by atoms with Crippen LogP contribution in [0.15, 0.2) is 55.1 Å². The summed E-state index contributed by atoms with van der Waals surface area (Å²) in [5.74, 6) is 0.504. The Morgan fingerprint density at radius 1 is 1.14 bits per heavy atom. The number of nitrogens with zero attached hydrogens (tertiary/aromatic N) is 6. The number of carbonyl (C=O) groups excluding carboxylic acids is 1. The minimum atomic E-state index is -0.201. The first-order valence-corrected chi connectivity index (χ1v) is 15.2. The number of carbonyl (C=O) groups is 1. The summed E-state index contributed by atoms with van der Waals surface area (Å²) >= 11 is 6.70. The monoisotopic (exact) mass is 584 g/mol. The Morgan fingerprint density at radius 2 is 1.98 bits per heavy atom. The van der Waals surface area contributed by atoms with Gasteiger partial charge in [0.1, 0.15) is 6.61 Å². The molecule has 0 spiro atoms. The van der Waals surface area contributed by atoms with Crippen molar-refractivity contribution in [3.8, 4) is 11.9 Å². The molecule has 3 aliphatic heterocycles. The highest BCUT2D eigenvalue weighted by Gasteiger charge is 2.33. The Bertz CT molecular complexity index is 1530. The zero-order valence-electron chi connectivity index (χ0n) is 24.1. The van der Waals surface area contributed by atoms with E-state index in [1.165, 1.54) is 18.1 Å². The van der Waals surface area contributed by atoms with E-state index in [-0.39, 0.29) is 18.4 Å². The highest BCUT2D eigenvalue weighted by Crippen LogP contribution is 2.38. The predicted octanol–water partition coefficient (Wildman–Crippen LogP) is 5.04. The van der Waals surface area contributed by atoms with Gasteiger partial charge in [-0.25, -0.2) is 4.98 Å². The lowest BCUT2D eigenvalue weighted by Gasteiger charge is -2.43. The Morgan fingerprint density at radius 3 is 2.74 bits per heavy atom. The lowest BCUT2D eigenvalue weighted by atomic mass is 9.98. The second-order valence-electron chi connectivity index (χ2n) is 11.5. The van der Waals surface area contributed by atoms with E-state index in [0.29, 0.717) is 44.7 Å². The Labute approximate surface area is 252 Å². The van der Waals surface area contributed by atoms with Crippen molar-refractivity contribution in [1.82, 2.24) is 14.8 Å². The van der Waals surface area contributed by atoms with E-state index in [4.69, 9.17) is 21.3 Å². The number of amides is 1. The summed E-state index contributed by atoms with van der Waals surface area (Å²) in [6, 6.07) is 16.9. The van der Waals surface area contributed by atoms with Gasteiger partial charge in [0.05, 0.1) is 35.8 Å². The molecule has 42 heavy (non-hydrogen) atoms. The van der Waals surface area contributed by atoms with Crippen molar-refractivity contribution in [3.63, 3.8) is 0 Å². The van der Waals surface area contributed by atoms with Crippen LogP contribution in [0, 0.1) is 11.3 Å². The second kappa shape index (κ2) is 12.2. The van der Waals surface area contributed by atoms with Gasteiger partial charge >= 0.3 is 0 Å². The largest absolute Gasteiger partial charge is 0.476 e. The summed E-state index contributed by atoms with van der Waals surface area (Å²) in [4.78, 5) is 26.4. The molecule has 2 saturated heterocycles. The molecule has 0 radical (unpaired) electrons. The Balaban J connectivity index is 1.34. The number of likely N-dealkylation sites (N-methyl/N-ethyl adjacent to an activating group) is 1. The van der Waals surface area contributed by atoms with Gasteiger partial charge in [-0.05, 0) is 56.4 Å². The molecular weight excluding hydrogens is 548 g/mol. The van der Waals surface area contributed by atoms with Crippen molar-refractivity contribution in [3.05, 3.63) is 71.4 Å². The van der Waals surface area contributed by atoms with E-state index < -0.39 is 0 Å². The van der Waals surface area contributed by atoms with Crippen LogP contribution in [-0.2, 0) is 17.8 Å². The molecule has 8 nitrogen and oxygen atoms in total. The molecule has 9 heteroatoms. The van der Waals surface area contributed by atoms with Gasteiger partial charge in [0.25, 0.3) is 0 Å². The number of aromatic nitrogens is 1. The summed E-state index contributed by atoms with van der Waals surface area (Å²) in [5, 5.41) is 12.5. The number of halogens is 1. The van der Waals surface area contributed by atoms with Gasteiger partial charge in [-0.2, -0.15) is 5.26 Å². The molecule has 3 aromatic rings. The number of anilines is 2. The quantitative estimate of drug-likeness (QED) is 0.360. The molecule has 0 bridgehead atoms. The standard InChI is InChI=1S/C33H37ClN6O2/c1-3-32(41)40-18-17-39(20-24(40)12-14-35)30-19-31(42-22-25-9-6-15-37(25)2)36-28-21-38(16-13-26(28)30)29-11-5-8-23-7-4-10-27(34)33(23)29/h3-5,7-8,10-11,19,24-25H,1,6,9,12-13,15-18,20-22H2,2H3/t24-,25-/m0/s1. The lowest BCUT2D eigenvalue weighted by Crippen LogP contribution is -2.55. The van der Waals surface area contributed by atoms with Crippen LogP contribution in [0.2, 0.25) is 5.02 Å². The fourth-order valence-electron chi connectivity index (χ4n) is 6.73. The predicted molar refractivity (Wildman–Crippen MR) is 167 cm³/mol. The Kier molecular flexibility index (Phi) is 8.23. The second-order valence-corrected chi connectivity index (χ2v) is 11.9. The van der Waals surface area contributed by atoms with Crippen molar-refractivity contribution >= 4 is 39.7 Å². The smallest absolute Gasteiger partial charge is 0.246 e. The van der Waals surface area contributed by atoms with Gasteiger partial charge in [-0.3, -0.25) is 4.79 Å². The number of hydrogen-bond donors (Lipinski definition) is 0. The van der Waals surface area contributed by atoms with Crippen LogP contribution >= 0.6 is 11.6 Å². The molecule has 4 heterocycles. The maximum absolute atomic E-state index is 12.5. The summed E-state index contributed by atoms with van der Waals surface area (Å²) in [6.45, 7) is 8.62. The summed E-state index contributed by atoms with van der Waals surface area (Å²) < 4.78 is 6.39. The number of fused-ring (bicyclic) bond motifs is 2. The molecule has 0 N–H and O–H groups in total. The highest BCUT2D eigenvalue weighted by molar-refractivity contribution is 6.36. The maximum atomic E-state index is 12.5. The zero-order chi connectivity index (χ0) is 29.2. The fourth-order valence-corrected chi connectivity index (χ4v) is 7.01. The molecule has 2 aromatic carbocycles. The molecule has 1 amide bonds. The van der Waals surface area contributed by atoms with E-state index in [2.05, 4.69) is 64.7 Å². The van der Waals surface area contributed by atoms with E-state index in [0.717, 1.165) is 58.8 Å². The summed E-state index contributed by atoms with van der Waals surface area (Å²) in [5.41, 5.74) is 4.41. The number of hydrogen-bond acceptors (Lipinski definition) is 7. The normalized spacial score (nSPS) is 20.8. The number of likely N-dealkylation sites (tertiary alicyclic amines) is 1. The highest BCUT2D eigenvalue weighted by atomic mass is 35.5. The third-order valence-corrected chi connectivity index (χ3v) is 9.33. The van der Waals surface area contributed by atoms with Gasteiger partial charge in [-0.15, -0.1) is 0 Å². The van der Waals surface area contributed by atoms with Crippen LogP contribution in [0.4, 0.5) is 11.4 Å². The molecule has 218 valence electrons. The van der Waals surface area contributed by atoms with Crippen molar-refractivity contribution in [1.29, 1.82) is 5.26 Å². The number of pyridine rings is 1. The van der Waals surface area contributed by atoms with Gasteiger partial charge in [0, 0.05) is 60.6 Å². The summed E-state index contributed by atoms with van der Waals surface area (Å²) in [7, 11) is 2.15. The molecule has 6 rings (SSSR count). The average Bonchev–Trinajstić information content (AvgIpc) is 3.43. The SMILES string of the molecule is C=CC(=O)N1CCN(c2cc(OC[C@@H]3CCCN3C)nc3c2CCN(c2cccc4cccc(Cl)c24)C3)C[C@@H]1CC#N. The first-order chi connectivity index (χ1) is 20.5. The number of ether oxygens (including phenoxy) is 1. The number of benzene rings is 2. The third-order valence-electron chi connectivity index (χ3n) is 9.01. The van der Waals surface area contributed by atoms with Gasteiger partial charge in [0.2, 0.25) is 11.8 Å². The van der Waals surface area contributed by atoms with Crippen LogP contribution in [0.5, 0.6) is 5.88 Å². The van der Waals surface area contributed by atoms with Crippen LogP contribution < -0.4 is 14.5 Å². The number of rotatable bonds is 7. The van der Waals surface area contributed by atoms with Crippen LogP contribution in [0.25, 0.3) is 10.8 Å². The average molecular weight is 585 g/mol. The van der Waals surface area contributed by atoms with Crippen LogP contribution in [0.1, 0.15) is 30.5 Å². The van der Waals surface area contributed by atoms with Crippen LogP contribution in [-0.4, -0.2) is 79.2 Å². The lowest BCUT2D eigenvalue weighted by molar-refractivity contribution is -0.128. The molecule has 0 unspecified atom stereocenters. The number of piperazine rings is 1. The van der Waals surface area contributed by atoms with Gasteiger partial charge < -0.3 is 24.3 Å². The molecule has 0 saturated carbocycles. The molecule has 2 atom stereocenters. The first-order valence-electron chi connectivity index (χ1n) is 14.8. The van der Waals surface area contributed by atoms with E-state index in [1.807, 2.05) is 12.1 Å². The Hall–Kier alpha value is -3.80. The fraction of sp³-hybridized carbons (Fsp3) is 0.424. The molecule has 1 aromatic heterocycles. The third kappa shape index (κ3) is 5.51. The minimum absolute atomic E-state index is 0.124. The van der Waals surface area contributed by atoms with Crippen molar-refractivity contribution in [2.75, 3.05) is 56.2 Å². The zero-order valence-corrected chi connectivity index (χ0v) is 24.9. The van der Waals surface area contributed by atoms with E-state index >= 15 is 0 Å².